The number of rotatable bonds is 3. The van der Waals surface area contributed by atoms with Gasteiger partial charge in [0.05, 0.1) is 11.4 Å². The number of halogens is 1. The number of fused-ring (bicyclic) bond motifs is 1. The Kier molecular flexibility index (Phi) is 4.28. The molecule has 0 bridgehead atoms. The monoisotopic (exact) mass is 362 g/mol. The molecule has 2 aromatic rings. The molecule has 0 unspecified atom stereocenters. The van der Waals surface area contributed by atoms with Gasteiger partial charge in [-0.1, -0.05) is 19.1 Å². The predicted octanol–water partition coefficient (Wildman–Crippen LogP) is 3.69. The molecule has 5 nitrogen and oxygen atoms in total. The van der Waals surface area contributed by atoms with Crippen molar-refractivity contribution >= 4 is 27.3 Å². The zero-order chi connectivity index (χ0) is 18.4. The molecule has 0 fully saturated rings. The SMILES string of the molecule is Cc1cc2c(c(S(=O)(=O)Nc3cccc(F)c3C)c1)NC(=O)C[C@H]2C. The largest absolute Gasteiger partial charge is 0.325 e. The highest BCUT2D eigenvalue weighted by molar-refractivity contribution is 7.93. The number of nitrogens with one attached hydrogen (secondary N) is 2. The zero-order valence-corrected chi connectivity index (χ0v) is 15.0. The van der Waals surface area contributed by atoms with Gasteiger partial charge in [0.25, 0.3) is 10.0 Å². The molecule has 2 N–H and O–H groups in total. The van der Waals surface area contributed by atoms with E-state index in [0.717, 1.165) is 11.1 Å². The van der Waals surface area contributed by atoms with Crippen LogP contribution in [-0.4, -0.2) is 14.3 Å². The Bertz CT molecular complexity index is 971. The van der Waals surface area contributed by atoms with Gasteiger partial charge < -0.3 is 5.32 Å². The van der Waals surface area contributed by atoms with Gasteiger partial charge in [0, 0.05) is 12.0 Å². The normalized spacial score (nSPS) is 17.0. The molecule has 0 saturated heterocycles. The first kappa shape index (κ1) is 17.4. The number of carbonyl (C=O) groups excluding carboxylic acids is 1. The number of anilines is 2. The van der Waals surface area contributed by atoms with Gasteiger partial charge in [-0.2, -0.15) is 0 Å². The van der Waals surface area contributed by atoms with E-state index < -0.39 is 15.8 Å². The molecular formula is C18H19FN2O3S. The standard InChI is InChI=1S/C18H19FN2O3S/c1-10-7-13-11(2)9-17(22)20-18(13)16(8-10)25(23,24)21-15-6-4-5-14(19)12(15)3/h4-8,11,21H,9H2,1-3H3,(H,20,22)/t11-/m1/s1. The van der Waals surface area contributed by atoms with Crippen molar-refractivity contribution in [2.24, 2.45) is 0 Å². The van der Waals surface area contributed by atoms with E-state index in [1.54, 1.807) is 6.92 Å². The van der Waals surface area contributed by atoms with Gasteiger partial charge >= 0.3 is 0 Å². The second kappa shape index (κ2) is 6.15. The first-order valence-corrected chi connectivity index (χ1v) is 9.39. The van der Waals surface area contributed by atoms with E-state index in [1.165, 1.54) is 31.2 Å². The fourth-order valence-corrected chi connectivity index (χ4v) is 4.41. The highest BCUT2D eigenvalue weighted by Crippen LogP contribution is 2.38. The third-order valence-electron chi connectivity index (χ3n) is 4.37. The number of hydrogen-bond donors (Lipinski definition) is 2. The van der Waals surface area contributed by atoms with Crippen molar-refractivity contribution in [2.75, 3.05) is 10.0 Å². The van der Waals surface area contributed by atoms with Crippen molar-refractivity contribution in [3.05, 3.63) is 52.8 Å². The number of carbonyl (C=O) groups is 1. The van der Waals surface area contributed by atoms with Gasteiger partial charge in [0.15, 0.2) is 0 Å². The van der Waals surface area contributed by atoms with Crippen molar-refractivity contribution in [3.63, 3.8) is 0 Å². The Balaban J connectivity index is 2.12. The summed E-state index contributed by atoms with van der Waals surface area (Å²) in [6.45, 7) is 5.19. The summed E-state index contributed by atoms with van der Waals surface area (Å²) in [4.78, 5) is 11.9. The molecular weight excluding hydrogens is 343 g/mol. The third kappa shape index (κ3) is 3.24. The molecule has 3 rings (SSSR count). The molecule has 0 aliphatic carbocycles. The molecule has 1 amide bonds. The van der Waals surface area contributed by atoms with Crippen molar-refractivity contribution in [1.82, 2.24) is 0 Å². The van der Waals surface area contributed by atoms with Crippen LogP contribution in [0.2, 0.25) is 0 Å². The van der Waals surface area contributed by atoms with E-state index in [2.05, 4.69) is 10.0 Å². The van der Waals surface area contributed by atoms with E-state index >= 15 is 0 Å². The Morgan fingerprint density at radius 2 is 1.96 bits per heavy atom. The van der Waals surface area contributed by atoms with Crippen molar-refractivity contribution < 1.29 is 17.6 Å². The molecule has 0 radical (unpaired) electrons. The quantitative estimate of drug-likeness (QED) is 0.874. The van der Waals surface area contributed by atoms with E-state index in [-0.39, 0.29) is 28.0 Å². The van der Waals surface area contributed by atoms with Crippen LogP contribution in [0.3, 0.4) is 0 Å². The lowest BCUT2D eigenvalue weighted by molar-refractivity contribution is -0.116. The Morgan fingerprint density at radius 1 is 1.24 bits per heavy atom. The Hall–Kier alpha value is -2.41. The number of aryl methyl sites for hydroxylation is 1. The van der Waals surface area contributed by atoms with Gasteiger partial charge in [-0.15, -0.1) is 0 Å². The molecule has 1 atom stereocenters. The van der Waals surface area contributed by atoms with Crippen LogP contribution in [0.5, 0.6) is 0 Å². The predicted molar refractivity (Wildman–Crippen MR) is 94.8 cm³/mol. The van der Waals surface area contributed by atoms with Gasteiger partial charge in [-0.25, -0.2) is 12.8 Å². The van der Waals surface area contributed by atoms with Crippen LogP contribution >= 0.6 is 0 Å². The number of hydrogen-bond acceptors (Lipinski definition) is 3. The summed E-state index contributed by atoms with van der Waals surface area (Å²) >= 11 is 0. The lowest BCUT2D eigenvalue weighted by Crippen LogP contribution is -2.25. The number of sulfonamides is 1. The second-order valence-corrected chi connectivity index (χ2v) is 8.05. The van der Waals surface area contributed by atoms with Crippen LogP contribution in [0.4, 0.5) is 15.8 Å². The van der Waals surface area contributed by atoms with Crippen molar-refractivity contribution in [2.45, 2.75) is 38.0 Å². The summed E-state index contributed by atoms with van der Waals surface area (Å²) in [7, 11) is -3.99. The maximum atomic E-state index is 13.7. The fourth-order valence-electron chi connectivity index (χ4n) is 3.01. The third-order valence-corrected chi connectivity index (χ3v) is 5.76. The summed E-state index contributed by atoms with van der Waals surface area (Å²) in [6, 6.07) is 7.60. The van der Waals surface area contributed by atoms with Crippen molar-refractivity contribution in [3.8, 4) is 0 Å². The summed E-state index contributed by atoms with van der Waals surface area (Å²) in [5.41, 5.74) is 2.25. The van der Waals surface area contributed by atoms with Crippen LogP contribution < -0.4 is 10.0 Å². The Morgan fingerprint density at radius 3 is 2.68 bits per heavy atom. The molecule has 0 spiro atoms. The summed E-state index contributed by atoms with van der Waals surface area (Å²) in [6.07, 6.45) is 0.312. The molecule has 25 heavy (non-hydrogen) atoms. The maximum absolute atomic E-state index is 13.7. The maximum Gasteiger partial charge on any atom is 0.263 e. The molecule has 1 aliphatic heterocycles. The van der Waals surface area contributed by atoms with Crippen LogP contribution in [0, 0.1) is 19.7 Å². The highest BCUT2D eigenvalue weighted by Gasteiger charge is 2.29. The Labute approximate surface area is 146 Å². The second-order valence-electron chi connectivity index (χ2n) is 6.40. The summed E-state index contributed by atoms with van der Waals surface area (Å²) < 4.78 is 42.0. The average Bonchev–Trinajstić information content (AvgIpc) is 2.52. The van der Waals surface area contributed by atoms with Crippen LogP contribution in [-0.2, 0) is 14.8 Å². The van der Waals surface area contributed by atoms with Gasteiger partial charge in [-0.05, 0) is 49.1 Å². The zero-order valence-electron chi connectivity index (χ0n) is 14.2. The lowest BCUT2D eigenvalue weighted by Gasteiger charge is -2.26. The average molecular weight is 362 g/mol. The minimum atomic E-state index is -3.99. The van der Waals surface area contributed by atoms with Crippen molar-refractivity contribution in [1.29, 1.82) is 0 Å². The topological polar surface area (TPSA) is 75.3 Å². The molecule has 2 aromatic carbocycles. The summed E-state index contributed by atoms with van der Waals surface area (Å²) in [5, 5.41) is 2.67. The summed E-state index contributed by atoms with van der Waals surface area (Å²) in [5.74, 6) is -0.788. The minimum Gasteiger partial charge on any atom is -0.325 e. The van der Waals surface area contributed by atoms with E-state index in [1.807, 2.05) is 13.0 Å². The van der Waals surface area contributed by atoms with Gasteiger partial charge in [-0.3, -0.25) is 9.52 Å². The van der Waals surface area contributed by atoms with E-state index in [0.29, 0.717) is 12.1 Å². The van der Waals surface area contributed by atoms with E-state index in [4.69, 9.17) is 0 Å². The van der Waals surface area contributed by atoms with Crippen LogP contribution in [0.25, 0.3) is 0 Å². The molecule has 0 aromatic heterocycles. The minimum absolute atomic E-state index is 0.00828. The van der Waals surface area contributed by atoms with Crippen LogP contribution in [0.1, 0.15) is 36.0 Å². The highest BCUT2D eigenvalue weighted by atomic mass is 32.2. The molecule has 1 aliphatic rings. The molecule has 1 heterocycles. The molecule has 7 heteroatoms. The first-order chi connectivity index (χ1) is 11.7. The first-order valence-electron chi connectivity index (χ1n) is 7.91. The fraction of sp³-hybridized carbons (Fsp3) is 0.278. The van der Waals surface area contributed by atoms with E-state index in [9.17, 15) is 17.6 Å². The van der Waals surface area contributed by atoms with Gasteiger partial charge in [0.2, 0.25) is 5.91 Å². The number of benzene rings is 2. The molecule has 132 valence electrons. The molecule has 0 saturated carbocycles. The van der Waals surface area contributed by atoms with Crippen LogP contribution in [0.15, 0.2) is 35.2 Å². The van der Waals surface area contributed by atoms with Gasteiger partial charge in [0.1, 0.15) is 10.7 Å². The lowest BCUT2D eigenvalue weighted by atomic mass is 9.91. The smallest absolute Gasteiger partial charge is 0.263 e. The number of amides is 1.